The first kappa shape index (κ1) is 22.0. The molecule has 0 spiro atoms. The van der Waals surface area contributed by atoms with E-state index in [4.69, 9.17) is 0 Å². The molecule has 0 atom stereocenters. The van der Waals surface area contributed by atoms with Gasteiger partial charge in [0.1, 0.15) is 0 Å². The van der Waals surface area contributed by atoms with E-state index < -0.39 is 9.84 Å². The normalized spacial score (nSPS) is 11.6. The van der Waals surface area contributed by atoms with Gasteiger partial charge < -0.3 is 0 Å². The standard InChI is InChI=1S/C22H36O2S/c1-3-5-7-9-10-12-14-20-25(23,24)22-18-16-21(17-19-22)15-13-11-8-6-4-2/h3,16-19H,1,4-15,20H2,2H3. The van der Waals surface area contributed by atoms with Crippen LogP contribution in [0.5, 0.6) is 0 Å². The number of allylic oxidation sites excluding steroid dienone is 1. The Morgan fingerprint density at radius 3 is 2.12 bits per heavy atom. The molecule has 0 saturated carbocycles. The summed E-state index contributed by atoms with van der Waals surface area (Å²) in [5, 5.41) is 0. The number of rotatable bonds is 15. The Labute approximate surface area is 155 Å². The van der Waals surface area contributed by atoms with Crippen LogP contribution in [0.25, 0.3) is 0 Å². The lowest BCUT2D eigenvalue weighted by Gasteiger charge is -2.07. The van der Waals surface area contributed by atoms with Crippen LogP contribution in [0.4, 0.5) is 0 Å². The van der Waals surface area contributed by atoms with Gasteiger partial charge in [0.05, 0.1) is 10.6 Å². The third kappa shape index (κ3) is 9.84. The van der Waals surface area contributed by atoms with Gasteiger partial charge in [0.15, 0.2) is 9.84 Å². The van der Waals surface area contributed by atoms with Crippen LogP contribution in [0.1, 0.15) is 83.1 Å². The Morgan fingerprint density at radius 2 is 1.44 bits per heavy atom. The van der Waals surface area contributed by atoms with Crippen LogP contribution in [0.15, 0.2) is 41.8 Å². The highest BCUT2D eigenvalue weighted by Crippen LogP contribution is 2.17. The van der Waals surface area contributed by atoms with Crippen molar-refractivity contribution in [1.82, 2.24) is 0 Å². The summed E-state index contributed by atoms with van der Waals surface area (Å²) >= 11 is 0. The van der Waals surface area contributed by atoms with E-state index in [1.807, 2.05) is 18.2 Å². The van der Waals surface area contributed by atoms with E-state index >= 15 is 0 Å². The van der Waals surface area contributed by atoms with Gasteiger partial charge in [-0.1, -0.05) is 70.1 Å². The summed E-state index contributed by atoms with van der Waals surface area (Å²) in [5.74, 6) is 0.269. The second-order valence-electron chi connectivity index (χ2n) is 6.97. The first-order valence-corrected chi connectivity index (χ1v) is 11.7. The summed E-state index contributed by atoms with van der Waals surface area (Å²) in [4.78, 5) is 0.480. The molecule has 1 rings (SSSR count). The first-order chi connectivity index (χ1) is 12.1. The number of sulfone groups is 1. The Morgan fingerprint density at radius 1 is 0.840 bits per heavy atom. The molecule has 0 fully saturated rings. The molecule has 0 N–H and O–H groups in total. The molecular weight excluding hydrogens is 328 g/mol. The van der Waals surface area contributed by atoms with E-state index in [2.05, 4.69) is 13.5 Å². The minimum absolute atomic E-state index is 0.269. The van der Waals surface area contributed by atoms with E-state index in [0.717, 1.165) is 38.5 Å². The molecule has 0 radical (unpaired) electrons. The van der Waals surface area contributed by atoms with Crippen molar-refractivity contribution >= 4 is 9.84 Å². The molecule has 0 aliphatic rings. The maximum atomic E-state index is 12.4. The van der Waals surface area contributed by atoms with Gasteiger partial charge in [-0.15, -0.1) is 6.58 Å². The maximum absolute atomic E-state index is 12.4. The third-order valence-corrected chi connectivity index (χ3v) is 6.49. The molecule has 2 nitrogen and oxygen atoms in total. The molecule has 3 heteroatoms. The lowest BCUT2D eigenvalue weighted by atomic mass is 10.1. The topological polar surface area (TPSA) is 34.1 Å². The van der Waals surface area contributed by atoms with Gasteiger partial charge in [0.25, 0.3) is 0 Å². The monoisotopic (exact) mass is 364 g/mol. The average molecular weight is 365 g/mol. The molecule has 142 valence electrons. The van der Waals surface area contributed by atoms with E-state index in [-0.39, 0.29) is 5.75 Å². The summed E-state index contributed by atoms with van der Waals surface area (Å²) < 4.78 is 24.8. The smallest absolute Gasteiger partial charge is 0.178 e. The van der Waals surface area contributed by atoms with Crippen LogP contribution in [0.2, 0.25) is 0 Å². The maximum Gasteiger partial charge on any atom is 0.178 e. The Hall–Kier alpha value is -1.09. The number of benzene rings is 1. The lowest BCUT2D eigenvalue weighted by Crippen LogP contribution is -2.07. The SMILES string of the molecule is C=CCCCCCCCS(=O)(=O)c1ccc(CCCCCCC)cc1. The first-order valence-electron chi connectivity index (χ1n) is 10.0. The van der Waals surface area contributed by atoms with Gasteiger partial charge in [-0.2, -0.15) is 0 Å². The van der Waals surface area contributed by atoms with Gasteiger partial charge in [-0.25, -0.2) is 8.42 Å². The highest BCUT2D eigenvalue weighted by atomic mass is 32.2. The van der Waals surface area contributed by atoms with Crippen molar-refractivity contribution in [2.45, 2.75) is 88.9 Å². The molecule has 0 unspecified atom stereocenters. The zero-order valence-corrected chi connectivity index (χ0v) is 16.8. The van der Waals surface area contributed by atoms with Crippen LogP contribution in [0, 0.1) is 0 Å². The van der Waals surface area contributed by atoms with E-state index in [1.165, 1.54) is 44.1 Å². The summed E-state index contributed by atoms with van der Waals surface area (Å²) in [6.07, 6.45) is 15.6. The van der Waals surface area contributed by atoms with E-state index in [1.54, 1.807) is 12.1 Å². The van der Waals surface area contributed by atoms with E-state index in [9.17, 15) is 8.42 Å². The fraction of sp³-hybridized carbons (Fsp3) is 0.636. The molecule has 0 amide bonds. The third-order valence-electron chi connectivity index (χ3n) is 4.67. The number of hydrogen-bond donors (Lipinski definition) is 0. The van der Waals surface area contributed by atoms with Gasteiger partial charge in [0, 0.05) is 0 Å². The Kier molecular flexibility index (Phi) is 11.6. The van der Waals surface area contributed by atoms with Gasteiger partial charge in [0.2, 0.25) is 0 Å². The predicted molar refractivity (Wildman–Crippen MR) is 109 cm³/mol. The molecule has 0 aromatic heterocycles. The highest BCUT2D eigenvalue weighted by molar-refractivity contribution is 7.91. The van der Waals surface area contributed by atoms with Crippen molar-refractivity contribution in [1.29, 1.82) is 0 Å². The quantitative estimate of drug-likeness (QED) is 0.263. The van der Waals surface area contributed by atoms with Crippen molar-refractivity contribution < 1.29 is 8.42 Å². The van der Waals surface area contributed by atoms with Crippen LogP contribution < -0.4 is 0 Å². The molecule has 0 bridgehead atoms. The van der Waals surface area contributed by atoms with Crippen molar-refractivity contribution in [2.75, 3.05) is 5.75 Å². The van der Waals surface area contributed by atoms with Crippen molar-refractivity contribution in [3.63, 3.8) is 0 Å². The summed E-state index contributed by atoms with van der Waals surface area (Å²) in [6, 6.07) is 7.56. The minimum atomic E-state index is -3.12. The van der Waals surface area contributed by atoms with Crippen LogP contribution in [0.3, 0.4) is 0 Å². The van der Waals surface area contributed by atoms with Gasteiger partial charge in [-0.05, 0) is 49.8 Å². The fourth-order valence-electron chi connectivity index (χ4n) is 3.03. The van der Waals surface area contributed by atoms with Crippen molar-refractivity contribution in [3.05, 3.63) is 42.5 Å². The second-order valence-corrected chi connectivity index (χ2v) is 9.08. The van der Waals surface area contributed by atoms with Crippen LogP contribution in [-0.4, -0.2) is 14.2 Å². The molecule has 0 aliphatic heterocycles. The zero-order chi connectivity index (χ0) is 18.4. The Bertz CT molecular complexity index is 558. The summed E-state index contributed by atoms with van der Waals surface area (Å²) in [6.45, 7) is 5.94. The van der Waals surface area contributed by atoms with E-state index in [0.29, 0.717) is 4.90 Å². The Balaban J connectivity index is 2.31. The molecule has 1 aromatic rings. The largest absolute Gasteiger partial charge is 0.224 e. The van der Waals surface area contributed by atoms with Gasteiger partial charge in [-0.3, -0.25) is 0 Å². The molecule has 0 heterocycles. The number of unbranched alkanes of at least 4 members (excludes halogenated alkanes) is 9. The molecule has 0 aliphatic carbocycles. The number of aryl methyl sites for hydroxylation is 1. The molecular formula is C22H36O2S. The minimum Gasteiger partial charge on any atom is -0.224 e. The predicted octanol–water partition coefficient (Wildman–Crippen LogP) is 6.50. The van der Waals surface area contributed by atoms with Crippen molar-refractivity contribution in [3.8, 4) is 0 Å². The zero-order valence-electron chi connectivity index (χ0n) is 16.0. The number of hydrogen-bond acceptors (Lipinski definition) is 2. The second kappa shape index (κ2) is 13.2. The summed E-state index contributed by atoms with van der Waals surface area (Å²) in [5.41, 5.74) is 1.25. The molecule has 25 heavy (non-hydrogen) atoms. The van der Waals surface area contributed by atoms with Gasteiger partial charge >= 0.3 is 0 Å². The fourth-order valence-corrected chi connectivity index (χ4v) is 4.40. The average Bonchev–Trinajstić information content (AvgIpc) is 2.61. The molecule has 0 saturated heterocycles. The highest BCUT2D eigenvalue weighted by Gasteiger charge is 2.13. The lowest BCUT2D eigenvalue weighted by molar-refractivity contribution is 0.585. The van der Waals surface area contributed by atoms with Crippen molar-refractivity contribution in [2.24, 2.45) is 0 Å². The summed E-state index contributed by atoms with van der Waals surface area (Å²) in [7, 11) is -3.12. The van der Waals surface area contributed by atoms with Crippen LogP contribution >= 0.6 is 0 Å². The van der Waals surface area contributed by atoms with Crippen LogP contribution in [-0.2, 0) is 16.3 Å². The molecule has 1 aromatic carbocycles.